The van der Waals surface area contributed by atoms with Crippen LogP contribution in [-0.2, 0) is 4.79 Å². The molecular weight excluding hydrogens is 442 g/mol. The predicted octanol–water partition coefficient (Wildman–Crippen LogP) is 4.28. The molecule has 8 nitrogen and oxygen atoms in total. The highest BCUT2D eigenvalue weighted by Gasteiger charge is 2.19. The first-order chi connectivity index (χ1) is 15.0. The molecule has 0 fully saturated rings. The van der Waals surface area contributed by atoms with Crippen LogP contribution in [0.5, 0.6) is 23.0 Å². The zero-order chi connectivity index (χ0) is 22.4. The monoisotopic (exact) mass is 463 g/mol. The molecule has 0 spiro atoms. The summed E-state index contributed by atoms with van der Waals surface area (Å²) in [6.45, 7) is 0.313. The molecule has 3 N–H and O–H groups in total. The summed E-state index contributed by atoms with van der Waals surface area (Å²) in [4.78, 5) is 15.3. The summed E-state index contributed by atoms with van der Waals surface area (Å²) in [5.41, 5.74) is 2.75. The topological polar surface area (TPSA) is 102 Å². The van der Waals surface area contributed by atoms with Crippen LogP contribution in [0.3, 0.4) is 0 Å². The average Bonchev–Trinajstić information content (AvgIpc) is 3.28. The minimum Gasteiger partial charge on any atom is -0.506 e. The van der Waals surface area contributed by atoms with Crippen molar-refractivity contribution in [3.05, 3.63) is 36.5 Å². The highest BCUT2D eigenvalue weighted by Crippen LogP contribution is 2.45. The van der Waals surface area contributed by atoms with Gasteiger partial charge in [0.25, 0.3) is 0 Å². The van der Waals surface area contributed by atoms with E-state index in [2.05, 4.69) is 14.5 Å². The lowest BCUT2D eigenvalue weighted by molar-refractivity contribution is -0.116. The molecule has 164 valence electrons. The van der Waals surface area contributed by atoms with Crippen LogP contribution in [0.1, 0.15) is 6.42 Å². The van der Waals surface area contributed by atoms with Gasteiger partial charge in [-0.1, -0.05) is 6.07 Å². The van der Waals surface area contributed by atoms with Crippen LogP contribution in [0, 0.1) is 0 Å². The highest BCUT2D eigenvalue weighted by molar-refractivity contribution is 7.10. The van der Waals surface area contributed by atoms with Gasteiger partial charge < -0.3 is 24.6 Å². The summed E-state index contributed by atoms with van der Waals surface area (Å²) in [6.07, 6.45) is 1.91. The number of aromatic hydroxyl groups is 1. The SMILES string of the molecule is COc1cc(-c2sncc2-c2ccc(O)c(NC(=O)CCNCl)c2)cc(OC)c1OC. The summed E-state index contributed by atoms with van der Waals surface area (Å²) in [5.74, 6) is 1.26. The van der Waals surface area contributed by atoms with E-state index in [9.17, 15) is 9.90 Å². The molecular formula is C21H22ClN3O5S. The zero-order valence-electron chi connectivity index (χ0n) is 17.2. The summed E-state index contributed by atoms with van der Waals surface area (Å²) < 4.78 is 20.7. The largest absolute Gasteiger partial charge is 0.506 e. The fraction of sp³-hybridized carbons (Fsp3) is 0.238. The molecule has 1 amide bonds. The van der Waals surface area contributed by atoms with Gasteiger partial charge in [0.1, 0.15) is 5.75 Å². The number of methoxy groups -OCH3 is 3. The molecule has 0 radical (unpaired) electrons. The summed E-state index contributed by atoms with van der Waals surface area (Å²) in [7, 11) is 4.67. The van der Waals surface area contributed by atoms with Gasteiger partial charge in [-0.25, -0.2) is 4.84 Å². The second-order valence-electron chi connectivity index (χ2n) is 6.40. The lowest BCUT2D eigenvalue weighted by Crippen LogP contribution is -2.16. The summed E-state index contributed by atoms with van der Waals surface area (Å²) in [6, 6.07) is 8.69. The molecule has 0 atom stereocenters. The molecule has 0 bridgehead atoms. The molecule has 0 saturated carbocycles. The quantitative estimate of drug-likeness (QED) is 0.321. The van der Waals surface area contributed by atoms with E-state index >= 15 is 0 Å². The minimum atomic E-state index is -0.270. The van der Waals surface area contributed by atoms with Crippen LogP contribution in [0.2, 0.25) is 0 Å². The van der Waals surface area contributed by atoms with Crippen LogP contribution < -0.4 is 24.4 Å². The number of halogens is 1. The molecule has 0 aliphatic heterocycles. The number of phenols is 1. The summed E-state index contributed by atoms with van der Waals surface area (Å²) >= 11 is 6.71. The first-order valence-corrected chi connectivity index (χ1v) is 10.4. The Morgan fingerprint density at radius 3 is 2.42 bits per heavy atom. The Labute approximate surface area is 189 Å². The van der Waals surface area contributed by atoms with Gasteiger partial charge in [-0.05, 0) is 53.1 Å². The van der Waals surface area contributed by atoms with E-state index in [1.165, 1.54) is 17.6 Å². The number of nitrogens with zero attached hydrogens (tertiary/aromatic N) is 1. The number of nitrogens with one attached hydrogen (secondary N) is 2. The van der Waals surface area contributed by atoms with Crippen molar-refractivity contribution in [1.29, 1.82) is 0 Å². The van der Waals surface area contributed by atoms with E-state index in [0.29, 0.717) is 29.5 Å². The van der Waals surface area contributed by atoms with Crippen molar-refractivity contribution in [3.8, 4) is 44.6 Å². The summed E-state index contributed by atoms with van der Waals surface area (Å²) in [5, 5.41) is 12.9. The minimum absolute atomic E-state index is 0.0338. The normalized spacial score (nSPS) is 10.6. The Morgan fingerprint density at radius 2 is 1.81 bits per heavy atom. The Bertz CT molecular complexity index is 1050. The van der Waals surface area contributed by atoms with E-state index in [4.69, 9.17) is 26.0 Å². The molecule has 1 aromatic heterocycles. The molecule has 1 heterocycles. The molecule has 3 aromatic rings. The second kappa shape index (κ2) is 10.3. The number of anilines is 1. The standard InChI is InChI=1S/C21H22ClN3O5S/c1-28-17-9-13(10-18(29-2)20(17)30-3)21-14(11-24-31-21)12-4-5-16(26)15(8-12)25-19(27)6-7-23-22/h4-5,8-11,23,26H,6-7H2,1-3H3,(H,25,27). The number of benzene rings is 2. The molecule has 10 heteroatoms. The number of phenolic OH excluding ortho intramolecular Hbond substituents is 1. The van der Waals surface area contributed by atoms with Crippen LogP contribution in [0.4, 0.5) is 5.69 Å². The molecule has 0 unspecified atom stereocenters. The lowest BCUT2D eigenvalue weighted by Gasteiger charge is -2.14. The number of rotatable bonds is 9. The van der Waals surface area contributed by atoms with Crippen molar-refractivity contribution in [2.45, 2.75) is 6.42 Å². The molecule has 0 saturated heterocycles. The first kappa shape index (κ1) is 22.7. The number of ether oxygens (including phenoxy) is 3. The highest BCUT2D eigenvalue weighted by atomic mass is 35.5. The number of hydrogen-bond donors (Lipinski definition) is 3. The van der Waals surface area contributed by atoms with Gasteiger partial charge in [0, 0.05) is 30.3 Å². The number of carbonyl (C=O) groups excluding carboxylic acids is 1. The Hall–Kier alpha value is -3.01. The fourth-order valence-corrected chi connectivity index (χ4v) is 3.89. The maximum atomic E-state index is 12.0. The van der Waals surface area contributed by atoms with Crippen molar-refractivity contribution in [2.75, 3.05) is 33.2 Å². The number of amides is 1. The van der Waals surface area contributed by atoms with Gasteiger partial charge in [-0.3, -0.25) is 4.79 Å². The Morgan fingerprint density at radius 1 is 1.10 bits per heavy atom. The Kier molecular flexibility index (Phi) is 7.56. The third-order valence-corrected chi connectivity index (χ3v) is 5.56. The van der Waals surface area contributed by atoms with E-state index < -0.39 is 0 Å². The van der Waals surface area contributed by atoms with Crippen LogP contribution in [0.15, 0.2) is 36.5 Å². The van der Waals surface area contributed by atoms with Crippen molar-refractivity contribution in [1.82, 2.24) is 9.21 Å². The van der Waals surface area contributed by atoms with Crippen LogP contribution in [-0.4, -0.2) is 43.3 Å². The van der Waals surface area contributed by atoms with E-state index in [-0.39, 0.29) is 18.1 Å². The van der Waals surface area contributed by atoms with Crippen LogP contribution >= 0.6 is 23.3 Å². The molecule has 0 aliphatic carbocycles. The van der Waals surface area contributed by atoms with Gasteiger partial charge in [0.05, 0.1) is 31.9 Å². The number of hydrogen-bond acceptors (Lipinski definition) is 8. The maximum Gasteiger partial charge on any atom is 0.225 e. The smallest absolute Gasteiger partial charge is 0.225 e. The number of carbonyl (C=O) groups is 1. The van der Waals surface area contributed by atoms with Gasteiger partial charge in [0.15, 0.2) is 11.5 Å². The van der Waals surface area contributed by atoms with Gasteiger partial charge >= 0.3 is 0 Å². The lowest BCUT2D eigenvalue weighted by atomic mass is 10.0. The first-order valence-electron chi connectivity index (χ1n) is 9.24. The Balaban J connectivity index is 2.01. The van der Waals surface area contributed by atoms with Crippen LogP contribution in [0.25, 0.3) is 21.6 Å². The van der Waals surface area contributed by atoms with Gasteiger partial charge in [0.2, 0.25) is 11.7 Å². The van der Waals surface area contributed by atoms with Crippen molar-refractivity contribution in [2.24, 2.45) is 0 Å². The second-order valence-corrected chi connectivity index (χ2v) is 7.47. The predicted molar refractivity (Wildman–Crippen MR) is 121 cm³/mol. The third kappa shape index (κ3) is 5.01. The van der Waals surface area contributed by atoms with Crippen molar-refractivity contribution < 1.29 is 24.1 Å². The number of aromatic nitrogens is 1. The van der Waals surface area contributed by atoms with E-state index in [0.717, 1.165) is 21.6 Å². The molecule has 0 aliphatic rings. The zero-order valence-corrected chi connectivity index (χ0v) is 18.8. The molecule has 3 rings (SSSR count). The molecule has 31 heavy (non-hydrogen) atoms. The maximum absolute atomic E-state index is 12.0. The fourth-order valence-electron chi connectivity index (χ4n) is 3.04. The van der Waals surface area contributed by atoms with Crippen molar-refractivity contribution >= 4 is 34.9 Å². The van der Waals surface area contributed by atoms with E-state index in [1.54, 1.807) is 39.7 Å². The third-order valence-electron chi connectivity index (χ3n) is 4.53. The molecule has 2 aromatic carbocycles. The van der Waals surface area contributed by atoms with E-state index in [1.807, 2.05) is 12.1 Å². The van der Waals surface area contributed by atoms with Crippen molar-refractivity contribution in [3.63, 3.8) is 0 Å². The average molecular weight is 464 g/mol. The van der Waals surface area contributed by atoms with Gasteiger partial charge in [-0.2, -0.15) is 4.37 Å². The van der Waals surface area contributed by atoms with Gasteiger partial charge in [-0.15, -0.1) is 0 Å².